The third kappa shape index (κ3) is 35.5. The number of nitro benzene ring substituents is 1. The van der Waals surface area contributed by atoms with Crippen LogP contribution in [0.5, 0.6) is 5.75 Å². The standard InChI is InChI=1S/C47H77Cl3N2O10S/c1-3-5-7-9-11-13-15-17-19-21-23-25-27-29-43(53)59-35-41(61-44(54)30-28-26-24-22-20-18-16-14-12-10-8-6-4-2)36-63-37-42(51-46(56)60-38-47(48,49)50)45(55)62-40-33-31-39(32-34-40)52(57)58/h31-34,41-42H,3-30,35-38H2,1-2H3,(H,51,56)/t41-,42+/m1/s1. The number of rotatable bonds is 40. The van der Waals surface area contributed by atoms with Crippen LogP contribution in [0.25, 0.3) is 0 Å². The highest BCUT2D eigenvalue weighted by molar-refractivity contribution is 7.99. The molecule has 0 fully saturated rings. The number of esters is 3. The fourth-order valence-electron chi connectivity index (χ4n) is 6.83. The molecule has 0 radical (unpaired) electrons. The van der Waals surface area contributed by atoms with Gasteiger partial charge in [-0.25, -0.2) is 9.59 Å². The number of carbonyl (C=O) groups is 4. The van der Waals surface area contributed by atoms with Crippen LogP contribution in [0.1, 0.15) is 194 Å². The summed E-state index contributed by atoms with van der Waals surface area (Å²) in [7, 11) is 0. The van der Waals surface area contributed by atoms with Gasteiger partial charge >= 0.3 is 24.0 Å². The number of nitrogens with zero attached hydrogens (tertiary/aromatic N) is 1. The van der Waals surface area contributed by atoms with Crippen LogP contribution in [0.4, 0.5) is 10.5 Å². The topological polar surface area (TPSA) is 160 Å². The maximum atomic E-state index is 13.2. The molecule has 0 heterocycles. The second kappa shape index (κ2) is 38.8. The second-order valence-corrected chi connectivity index (χ2v) is 20.0. The Kier molecular flexibility index (Phi) is 36.0. The lowest BCUT2D eigenvalue weighted by Gasteiger charge is -2.21. The summed E-state index contributed by atoms with van der Waals surface area (Å²) in [6.07, 6.45) is 29.6. The minimum absolute atomic E-state index is 0.00689. The van der Waals surface area contributed by atoms with Crippen molar-refractivity contribution in [3.05, 3.63) is 34.4 Å². The number of carbonyl (C=O) groups excluding carboxylic acids is 4. The highest BCUT2D eigenvalue weighted by atomic mass is 35.6. The average Bonchev–Trinajstić information content (AvgIpc) is 3.24. The zero-order valence-electron chi connectivity index (χ0n) is 38.2. The van der Waals surface area contributed by atoms with E-state index in [1.54, 1.807) is 0 Å². The Morgan fingerprint density at radius 2 is 1.06 bits per heavy atom. The van der Waals surface area contributed by atoms with Gasteiger partial charge in [-0.3, -0.25) is 19.7 Å². The van der Waals surface area contributed by atoms with Crippen LogP contribution >= 0.6 is 46.6 Å². The van der Waals surface area contributed by atoms with Gasteiger partial charge in [0.25, 0.3) is 5.69 Å². The Bertz CT molecular complexity index is 1370. The number of thioether (sulfide) groups is 1. The Balaban J connectivity index is 2.70. The number of unbranched alkanes of at least 4 members (excludes halogenated alkanes) is 24. The van der Waals surface area contributed by atoms with Crippen molar-refractivity contribution in [3.63, 3.8) is 0 Å². The van der Waals surface area contributed by atoms with Crippen molar-refractivity contribution in [3.8, 4) is 5.75 Å². The van der Waals surface area contributed by atoms with E-state index in [1.807, 2.05) is 0 Å². The Morgan fingerprint density at radius 3 is 1.49 bits per heavy atom. The molecular weight excluding hydrogens is 891 g/mol. The quantitative estimate of drug-likeness (QED) is 0.0127. The largest absolute Gasteiger partial charge is 0.462 e. The fraction of sp³-hybridized carbons (Fsp3) is 0.787. The minimum atomic E-state index is -1.89. The second-order valence-electron chi connectivity index (χ2n) is 16.4. The molecule has 0 aliphatic carbocycles. The number of ether oxygens (including phenoxy) is 4. The van der Waals surface area contributed by atoms with E-state index in [9.17, 15) is 29.3 Å². The zero-order valence-corrected chi connectivity index (χ0v) is 41.2. The number of nitro groups is 1. The summed E-state index contributed by atoms with van der Waals surface area (Å²) in [5, 5.41) is 13.5. The number of amides is 1. The lowest BCUT2D eigenvalue weighted by molar-refractivity contribution is -0.384. The summed E-state index contributed by atoms with van der Waals surface area (Å²) < 4.78 is 19.8. The monoisotopic (exact) mass is 966 g/mol. The van der Waals surface area contributed by atoms with Crippen molar-refractivity contribution in [2.24, 2.45) is 0 Å². The molecule has 1 N–H and O–H groups in total. The Hall–Kier alpha value is -2.48. The van der Waals surface area contributed by atoms with Crippen LogP contribution in [0.15, 0.2) is 24.3 Å². The molecule has 1 amide bonds. The van der Waals surface area contributed by atoms with Gasteiger partial charge in [0.15, 0.2) is 0 Å². The summed E-state index contributed by atoms with van der Waals surface area (Å²) in [5.41, 5.74) is -0.199. The van der Waals surface area contributed by atoms with Gasteiger partial charge in [-0.05, 0) is 25.0 Å². The first-order valence-corrected chi connectivity index (χ1v) is 26.0. The van der Waals surface area contributed by atoms with Crippen LogP contribution in [-0.2, 0) is 28.6 Å². The molecule has 1 aromatic carbocycles. The summed E-state index contributed by atoms with van der Waals surface area (Å²) >= 11 is 18.3. The SMILES string of the molecule is CCCCCCCCCCCCCCCC(=O)OC[C@H](CSC[C@H](NC(=O)OCC(Cl)(Cl)Cl)C(=O)Oc1ccc([N+](=O)[O-])cc1)OC(=O)CCCCCCCCCCCCCCC. The van der Waals surface area contributed by atoms with Crippen molar-refractivity contribution in [2.75, 3.05) is 24.7 Å². The summed E-state index contributed by atoms with van der Waals surface area (Å²) in [6, 6.07) is 3.55. The van der Waals surface area contributed by atoms with E-state index in [0.29, 0.717) is 12.8 Å². The number of hydrogen-bond donors (Lipinski definition) is 1. The first-order valence-electron chi connectivity index (χ1n) is 23.7. The maximum Gasteiger partial charge on any atom is 0.408 e. The van der Waals surface area contributed by atoms with E-state index in [2.05, 4.69) is 19.2 Å². The number of benzene rings is 1. The predicted octanol–water partition coefficient (Wildman–Crippen LogP) is 14.1. The summed E-state index contributed by atoms with van der Waals surface area (Å²) in [6.45, 7) is 3.72. The Labute approximate surface area is 397 Å². The molecule has 63 heavy (non-hydrogen) atoms. The van der Waals surface area contributed by atoms with Gasteiger partial charge in [-0.2, -0.15) is 11.8 Å². The molecule has 0 saturated carbocycles. The van der Waals surface area contributed by atoms with Crippen molar-refractivity contribution in [1.29, 1.82) is 0 Å². The van der Waals surface area contributed by atoms with Crippen LogP contribution in [0.3, 0.4) is 0 Å². The van der Waals surface area contributed by atoms with Gasteiger partial charge < -0.3 is 24.3 Å². The lowest BCUT2D eigenvalue weighted by Crippen LogP contribution is -2.45. The highest BCUT2D eigenvalue weighted by Crippen LogP contribution is 2.26. The number of nitrogens with one attached hydrogen (secondary N) is 1. The molecule has 0 aliphatic rings. The smallest absolute Gasteiger partial charge is 0.408 e. The number of halogens is 3. The highest BCUT2D eigenvalue weighted by Gasteiger charge is 2.28. The van der Waals surface area contributed by atoms with E-state index < -0.39 is 45.5 Å². The first kappa shape index (κ1) is 58.5. The van der Waals surface area contributed by atoms with Crippen molar-refractivity contribution in [2.45, 2.75) is 210 Å². The zero-order chi connectivity index (χ0) is 46.4. The molecule has 0 aliphatic heterocycles. The third-order valence-corrected chi connectivity index (χ3v) is 12.0. The molecule has 0 saturated heterocycles. The molecule has 12 nitrogen and oxygen atoms in total. The van der Waals surface area contributed by atoms with Gasteiger partial charge in [-0.15, -0.1) is 0 Å². The van der Waals surface area contributed by atoms with Gasteiger partial charge in [0.05, 0.1) is 4.92 Å². The molecule has 1 rings (SSSR count). The van der Waals surface area contributed by atoms with Crippen molar-refractivity contribution >= 4 is 76.3 Å². The van der Waals surface area contributed by atoms with E-state index in [-0.39, 0.29) is 48.4 Å². The number of alkyl carbamates (subject to hydrolysis) is 1. The van der Waals surface area contributed by atoms with E-state index in [4.69, 9.17) is 53.8 Å². The van der Waals surface area contributed by atoms with E-state index in [0.717, 1.165) is 50.3 Å². The number of hydrogen-bond acceptors (Lipinski definition) is 11. The van der Waals surface area contributed by atoms with Crippen LogP contribution in [0.2, 0.25) is 0 Å². The molecular formula is C47H77Cl3N2O10S. The molecule has 0 spiro atoms. The number of non-ortho nitro benzene ring substituents is 1. The Morgan fingerprint density at radius 1 is 0.635 bits per heavy atom. The molecule has 0 aromatic heterocycles. The van der Waals surface area contributed by atoms with Crippen molar-refractivity contribution in [1.82, 2.24) is 5.32 Å². The van der Waals surface area contributed by atoms with Crippen molar-refractivity contribution < 1.29 is 43.0 Å². The summed E-state index contributed by atoms with van der Waals surface area (Å²) in [5.74, 6) is -1.62. The maximum absolute atomic E-state index is 13.2. The molecule has 16 heteroatoms. The van der Waals surface area contributed by atoms with Gasteiger partial charge in [0.2, 0.25) is 3.79 Å². The normalized spacial score (nSPS) is 12.3. The van der Waals surface area contributed by atoms with Gasteiger partial charge in [0, 0.05) is 36.5 Å². The average molecular weight is 969 g/mol. The van der Waals surface area contributed by atoms with Crippen LogP contribution in [0, 0.1) is 10.1 Å². The third-order valence-electron chi connectivity index (χ3n) is 10.5. The first-order chi connectivity index (χ1) is 30.3. The fourth-order valence-corrected chi connectivity index (χ4v) is 8.02. The van der Waals surface area contributed by atoms with E-state index >= 15 is 0 Å². The number of alkyl halides is 3. The molecule has 0 unspecified atom stereocenters. The van der Waals surface area contributed by atoms with Gasteiger partial charge in [-0.1, -0.05) is 203 Å². The van der Waals surface area contributed by atoms with E-state index in [1.165, 1.54) is 140 Å². The van der Waals surface area contributed by atoms with Crippen LogP contribution in [-0.4, -0.2) is 69.6 Å². The molecule has 362 valence electrons. The molecule has 1 aromatic rings. The lowest BCUT2D eigenvalue weighted by atomic mass is 10.0. The molecule has 2 atom stereocenters. The predicted molar refractivity (Wildman–Crippen MR) is 256 cm³/mol. The summed E-state index contributed by atoms with van der Waals surface area (Å²) in [4.78, 5) is 62.0. The van der Waals surface area contributed by atoms with Gasteiger partial charge in [0.1, 0.15) is 31.1 Å². The molecule has 0 bridgehead atoms. The van der Waals surface area contributed by atoms with Crippen LogP contribution < -0.4 is 10.1 Å². The minimum Gasteiger partial charge on any atom is -0.462 e.